The third-order valence-electron chi connectivity index (χ3n) is 5.24. The summed E-state index contributed by atoms with van der Waals surface area (Å²) in [5.41, 5.74) is 0. The second-order valence-corrected chi connectivity index (χ2v) is 9.44. The molecule has 1 unspecified atom stereocenters. The van der Waals surface area contributed by atoms with Crippen LogP contribution in [0.2, 0.25) is 0 Å². The maximum absolute atomic E-state index is 11.3. The fourth-order valence-electron chi connectivity index (χ4n) is 3.50. The lowest BCUT2D eigenvalue weighted by Gasteiger charge is -2.12. The van der Waals surface area contributed by atoms with E-state index in [4.69, 9.17) is 5.11 Å². The second kappa shape index (κ2) is 18.2. The van der Waals surface area contributed by atoms with E-state index in [1.807, 2.05) is 0 Å². The monoisotopic (exact) mass is 392 g/mol. The number of aliphatic hydroxyl groups is 1. The van der Waals surface area contributed by atoms with Crippen molar-refractivity contribution in [1.29, 1.82) is 0 Å². The molecule has 0 spiro atoms. The van der Waals surface area contributed by atoms with Crippen molar-refractivity contribution in [3.8, 4) is 0 Å². The topological polar surface area (TPSA) is 74.6 Å². The SMILES string of the molecule is CCCCCCCCCCCCCCCCCC(CCCO)S(=O)(=O)O. The van der Waals surface area contributed by atoms with Crippen LogP contribution in [0.25, 0.3) is 0 Å². The molecule has 1 atom stereocenters. The molecule has 0 radical (unpaired) electrons. The van der Waals surface area contributed by atoms with Crippen molar-refractivity contribution in [3.05, 3.63) is 0 Å². The van der Waals surface area contributed by atoms with Crippen LogP contribution in [0, 0.1) is 0 Å². The van der Waals surface area contributed by atoms with Crippen molar-refractivity contribution in [2.24, 2.45) is 0 Å². The minimum absolute atomic E-state index is 0.0229. The molecule has 0 fully saturated rings. The summed E-state index contributed by atoms with van der Waals surface area (Å²) in [6.45, 7) is 2.24. The smallest absolute Gasteiger partial charge is 0.267 e. The Morgan fingerprint density at radius 2 is 0.962 bits per heavy atom. The van der Waals surface area contributed by atoms with Gasteiger partial charge in [-0.15, -0.1) is 0 Å². The van der Waals surface area contributed by atoms with Gasteiger partial charge >= 0.3 is 0 Å². The van der Waals surface area contributed by atoms with Crippen LogP contribution in [0.3, 0.4) is 0 Å². The van der Waals surface area contributed by atoms with Gasteiger partial charge in [0.25, 0.3) is 10.1 Å². The van der Waals surface area contributed by atoms with Gasteiger partial charge in [-0.1, -0.05) is 103 Å². The van der Waals surface area contributed by atoms with Gasteiger partial charge in [0.15, 0.2) is 0 Å². The van der Waals surface area contributed by atoms with Crippen molar-refractivity contribution >= 4 is 10.1 Å². The van der Waals surface area contributed by atoms with Crippen molar-refractivity contribution < 1.29 is 18.1 Å². The summed E-state index contributed by atoms with van der Waals surface area (Å²) in [6, 6.07) is 0. The van der Waals surface area contributed by atoms with Gasteiger partial charge in [0, 0.05) is 6.61 Å². The standard InChI is InChI=1S/C21H44O4S/c1-2-3-4-5-6-7-8-9-10-11-12-13-14-15-16-18-21(19-17-20-22)26(23,24)25/h21-22H,2-20H2,1H3,(H,23,24,25). The molecule has 0 aromatic rings. The zero-order chi connectivity index (χ0) is 19.5. The Labute approximate surface area is 162 Å². The van der Waals surface area contributed by atoms with Crippen molar-refractivity contribution in [3.63, 3.8) is 0 Å². The fraction of sp³-hybridized carbons (Fsp3) is 1.00. The summed E-state index contributed by atoms with van der Waals surface area (Å²) >= 11 is 0. The highest BCUT2D eigenvalue weighted by atomic mass is 32.2. The Morgan fingerprint density at radius 3 is 1.31 bits per heavy atom. The Kier molecular flexibility index (Phi) is 18.2. The molecule has 0 aliphatic heterocycles. The largest absolute Gasteiger partial charge is 0.396 e. The van der Waals surface area contributed by atoms with E-state index in [0.717, 1.165) is 19.3 Å². The average Bonchev–Trinajstić information content (AvgIpc) is 2.59. The lowest BCUT2D eigenvalue weighted by Crippen LogP contribution is -2.20. The van der Waals surface area contributed by atoms with Crippen LogP contribution in [-0.2, 0) is 10.1 Å². The predicted octanol–water partition coefficient (Wildman–Crippen LogP) is 6.28. The van der Waals surface area contributed by atoms with Gasteiger partial charge in [-0.2, -0.15) is 8.42 Å². The van der Waals surface area contributed by atoms with E-state index in [9.17, 15) is 13.0 Å². The lowest BCUT2D eigenvalue weighted by molar-refractivity contribution is 0.281. The third-order valence-corrected chi connectivity index (χ3v) is 6.55. The first-order valence-corrected chi connectivity index (χ1v) is 12.6. The Bertz CT molecular complexity index is 381. The van der Waals surface area contributed by atoms with E-state index in [2.05, 4.69) is 6.92 Å². The summed E-state index contributed by atoms with van der Waals surface area (Å²) in [4.78, 5) is 0. The van der Waals surface area contributed by atoms with E-state index in [1.165, 1.54) is 77.0 Å². The van der Waals surface area contributed by atoms with Crippen molar-refractivity contribution in [2.75, 3.05) is 6.61 Å². The molecule has 0 heterocycles. The van der Waals surface area contributed by atoms with Gasteiger partial charge in [0.1, 0.15) is 0 Å². The van der Waals surface area contributed by atoms with Gasteiger partial charge < -0.3 is 5.11 Å². The van der Waals surface area contributed by atoms with Gasteiger partial charge in [0.2, 0.25) is 0 Å². The summed E-state index contributed by atoms with van der Waals surface area (Å²) in [7, 11) is -3.97. The molecule has 26 heavy (non-hydrogen) atoms. The summed E-state index contributed by atoms with van der Waals surface area (Å²) < 4.78 is 31.8. The Hall–Kier alpha value is -0.130. The van der Waals surface area contributed by atoms with Crippen molar-refractivity contribution in [2.45, 2.75) is 128 Å². The maximum atomic E-state index is 11.3. The molecular formula is C21H44O4S. The van der Waals surface area contributed by atoms with E-state index in [1.54, 1.807) is 0 Å². The van der Waals surface area contributed by atoms with E-state index in [-0.39, 0.29) is 6.61 Å². The molecule has 0 aromatic carbocycles. The molecule has 0 saturated heterocycles. The molecule has 0 saturated carbocycles. The first kappa shape index (κ1) is 25.9. The number of aliphatic hydroxyl groups excluding tert-OH is 1. The highest BCUT2D eigenvalue weighted by Crippen LogP contribution is 2.17. The molecule has 0 aliphatic carbocycles. The van der Waals surface area contributed by atoms with Crippen LogP contribution < -0.4 is 0 Å². The molecule has 0 aliphatic rings. The number of hydrogen-bond donors (Lipinski definition) is 2. The van der Waals surface area contributed by atoms with Crippen LogP contribution in [0.1, 0.15) is 122 Å². The molecule has 158 valence electrons. The summed E-state index contributed by atoms with van der Waals surface area (Å²) in [5.74, 6) is 0. The van der Waals surface area contributed by atoms with E-state index >= 15 is 0 Å². The zero-order valence-corrected chi connectivity index (χ0v) is 17.9. The highest BCUT2D eigenvalue weighted by molar-refractivity contribution is 7.86. The van der Waals surface area contributed by atoms with Gasteiger partial charge in [-0.25, -0.2) is 0 Å². The molecule has 0 aromatic heterocycles. The fourth-order valence-corrected chi connectivity index (χ4v) is 4.43. The van der Waals surface area contributed by atoms with E-state index in [0.29, 0.717) is 19.3 Å². The molecule has 5 heteroatoms. The molecule has 4 nitrogen and oxygen atoms in total. The third kappa shape index (κ3) is 17.3. The second-order valence-electron chi connectivity index (χ2n) is 7.74. The molecule has 0 bridgehead atoms. The number of rotatable bonds is 20. The first-order chi connectivity index (χ1) is 12.5. The van der Waals surface area contributed by atoms with Gasteiger partial charge in [-0.05, 0) is 19.3 Å². The Morgan fingerprint density at radius 1 is 0.615 bits per heavy atom. The number of unbranched alkanes of at least 4 members (excludes halogenated alkanes) is 14. The molecular weight excluding hydrogens is 348 g/mol. The summed E-state index contributed by atoms with van der Waals surface area (Å²) in [5, 5.41) is 8.11. The minimum Gasteiger partial charge on any atom is -0.396 e. The van der Waals surface area contributed by atoms with Crippen LogP contribution >= 0.6 is 0 Å². The maximum Gasteiger partial charge on any atom is 0.267 e. The van der Waals surface area contributed by atoms with Gasteiger partial charge in [0.05, 0.1) is 5.25 Å². The Balaban J connectivity index is 3.37. The van der Waals surface area contributed by atoms with Crippen LogP contribution in [-0.4, -0.2) is 29.9 Å². The number of hydrogen-bond acceptors (Lipinski definition) is 3. The van der Waals surface area contributed by atoms with Crippen LogP contribution in [0.5, 0.6) is 0 Å². The normalized spacial score (nSPS) is 13.2. The van der Waals surface area contributed by atoms with Crippen LogP contribution in [0.4, 0.5) is 0 Å². The first-order valence-electron chi connectivity index (χ1n) is 11.1. The molecule has 0 amide bonds. The average molecular weight is 393 g/mol. The van der Waals surface area contributed by atoms with Gasteiger partial charge in [-0.3, -0.25) is 4.55 Å². The van der Waals surface area contributed by atoms with Crippen LogP contribution in [0.15, 0.2) is 0 Å². The predicted molar refractivity (Wildman–Crippen MR) is 111 cm³/mol. The zero-order valence-electron chi connectivity index (χ0n) is 17.1. The minimum atomic E-state index is -3.97. The quantitative estimate of drug-likeness (QED) is 0.189. The lowest BCUT2D eigenvalue weighted by atomic mass is 10.0. The summed E-state index contributed by atoms with van der Waals surface area (Å²) in [6.07, 6.45) is 20.6. The highest BCUT2D eigenvalue weighted by Gasteiger charge is 2.21. The van der Waals surface area contributed by atoms with Crippen molar-refractivity contribution in [1.82, 2.24) is 0 Å². The molecule has 0 rings (SSSR count). The molecule has 2 N–H and O–H groups in total. The van der Waals surface area contributed by atoms with E-state index < -0.39 is 15.4 Å².